The van der Waals surface area contributed by atoms with Gasteiger partial charge in [0.25, 0.3) is 0 Å². The summed E-state index contributed by atoms with van der Waals surface area (Å²) in [7, 11) is -18.9. The second kappa shape index (κ2) is 24.9. The number of hydrogen-bond acceptors (Lipinski definition) is 16. The van der Waals surface area contributed by atoms with Crippen molar-refractivity contribution >= 4 is 156 Å². The molecule has 0 radical (unpaired) electrons. The van der Waals surface area contributed by atoms with Crippen LogP contribution in [0.3, 0.4) is 0 Å². The fraction of sp³-hybridized carbons (Fsp3) is 0. The second-order valence-corrected chi connectivity index (χ2v) is 18.5. The molecular weight excluding hydrogens is 1400 g/mol. The van der Waals surface area contributed by atoms with Crippen molar-refractivity contribution in [2.45, 2.75) is 0 Å². The maximum atomic E-state index is 10.7. The normalized spacial score (nSPS) is 10.9. The summed E-state index contributed by atoms with van der Waals surface area (Å²) >= 11 is 6.78. The molecule has 4 aromatic rings. The van der Waals surface area contributed by atoms with E-state index in [9.17, 15) is 52.8 Å². The molecule has 0 aromatic heterocycles. The topological polar surface area (TPSA) is 404 Å². The number of hydrogen-bond donors (Lipinski definition) is 8. The number of aromatic carboxylic acids is 4. The third-order valence-corrected chi connectivity index (χ3v) is 10.5. The van der Waals surface area contributed by atoms with Gasteiger partial charge in [-0.25, -0.2) is 19.2 Å². The first-order valence-corrected chi connectivity index (χ1v) is 23.8. The molecule has 0 unspecified atom stereocenters. The predicted octanol–water partition coefficient (Wildman–Crippen LogP) is 4.68. The fourth-order valence-electron chi connectivity index (χ4n) is 3.47. The molecule has 0 aliphatic heterocycles. The van der Waals surface area contributed by atoms with Crippen LogP contribution < -0.4 is 16.7 Å². The van der Waals surface area contributed by atoms with Gasteiger partial charge < -0.3 is 37.2 Å². The smallest absolute Gasteiger partial charge is 0.446 e. The summed E-state index contributed by atoms with van der Waals surface area (Å²) in [5, 5.41) is 34.9. The summed E-state index contributed by atoms with van der Waals surface area (Å²) in [6.07, 6.45) is 0. The van der Waals surface area contributed by atoms with E-state index in [-0.39, 0.29) is 58.3 Å². The van der Waals surface area contributed by atoms with Crippen molar-refractivity contribution in [2.24, 2.45) is 0 Å². The van der Waals surface area contributed by atoms with Gasteiger partial charge in [0.15, 0.2) is 23.0 Å². The SMILES string of the molecule is O=C(O)c1cccc(I)c1OS(=O)(=O)O.O=C(O)c1cccc(I)c1OS(=O)(=O)O.O=C(O)c1cccc(I)c1OS(=O)(=O)O.O=C(O)c1cccc(I)c1OS(=O)(=O)O.[Ti]. The number of carboxylic acid groups (broad SMARTS) is 4. The Kier molecular flexibility index (Phi) is 23.8. The molecule has 4 rings (SSSR count). The largest absolute Gasteiger partial charge is 0.478 e. The number of benzene rings is 4. The van der Waals surface area contributed by atoms with Crippen LogP contribution in [-0.4, -0.2) is 96.2 Å². The van der Waals surface area contributed by atoms with Crippen LogP contribution in [0.4, 0.5) is 0 Å². The van der Waals surface area contributed by atoms with Crippen molar-refractivity contribution < 1.29 is 130 Å². The Morgan fingerprint density at radius 2 is 0.508 bits per heavy atom. The average molecular weight is 1420 g/mol. The molecule has 33 heteroatoms. The predicted molar refractivity (Wildman–Crippen MR) is 233 cm³/mol. The molecular formula is C28H20I4O24S4Ti. The first-order chi connectivity index (χ1) is 27.2. The Morgan fingerprint density at radius 3 is 0.623 bits per heavy atom. The zero-order valence-corrected chi connectivity index (χ0v) is 42.1. The molecule has 8 N–H and O–H groups in total. The van der Waals surface area contributed by atoms with Gasteiger partial charge in [0.1, 0.15) is 22.3 Å². The standard InChI is InChI=1S/4C7H5IO6S.Ti/c4*8-5-3-1-2-4(7(9)10)6(5)14-15(11,12)13;/h4*1-3H,(H,9,10)(H,11,12,13);. The van der Waals surface area contributed by atoms with E-state index in [2.05, 4.69) is 16.7 Å². The molecule has 0 amide bonds. The van der Waals surface area contributed by atoms with E-state index >= 15 is 0 Å². The summed E-state index contributed by atoms with van der Waals surface area (Å²) in [5.74, 6) is -6.94. The Hall–Kier alpha value is -2.77. The van der Waals surface area contributed by atoms with Gasteiger partial charge in [0.05, 0.1) is 14.3 Å². The minimum Gasteiger partial charge on any atom is -0.478 e. The molecule has 332 valence electrons. The summed E-state index contributed by atoms with van der Waals surface area (Å²) in [4.78, 5) is 42.8. The van der Waals surface area contributed by atoms with E-state index in [1.165, 1.54) is 72.8 Å². The van der Waals surface area contributed by atoms with Gasteiger partial charge in [0.2, 0.25) is 0 Å². The third kappa shape index (κ3) is 21.9. The Labute approximate surface area is 413 Å². The van der Waals surface area contributed by atoms with Gasteiger partial charge in [-0.15, -0.1) is 0 Å². The number of rotatable bonds is 12. The Bertz CT molecular complexity index is 2360. The van der Waals surface area contributed by atoms with Crippen LogP contribution in [0.2, 0.25) is 0 Å². The fourth-order valence-corrected chi connectivity index (χ4v) is 8.06. The molecule has 0 aliphatic rings. The van der Waals surface area contributed by atoms with E-state index in [1.807, 2.05) is 0 Å². The van der Waals surface area contributed by atoms with Gasteiger partial charge in [-0.05, 0) is 139 Å². The van der Waals surface area contributed by atoms with Gasteiger partial charge in [-0.2, -0.15) is 33.7 Å². The summed E-state index contributed by atoms with van der Waals surface area (Å²) in [6.45, 7) is 0. The number of halogens is 4. The molecule has 0 saturated heterocycles. The van der Waals surface area contributed by atoms with Crippen LogP contribution in [0.25, 0.3) is 0 Å². The van der Waals surface area contributed by atoms with Crippen LogP contribution in [0.15, 0.2) is 72.8 Å². The molecule has 24 nitrogen and oxygen atoms in total. The van der Waals surface area contributed by atoms with Crippen molar-refractivity contribution in [1.82, 2.24) is 0 Å². The quantitative estimate of drug-likeness (QED) is 0.0542. The Morgan fingerprint density at radius 1 is 0.361 bits per heavy atom. The average Bonchev–Trinajstić information content (AvgIpc) is 3.06. The zero-order valence-electron chi connectivity index (χ0n) is 28.7. The van der Waals surface area contributed by atoms with E-state index in [0.717, 1.165) is 0 Å². The monoisotopic (exact) mass is 1420 g/mol. The minimum absolute atomic E-state index is 0. The van der Waals surface area contributed by atoms with Gasteiger partial charge in [0, 0.05) is 21.7 Å². The van der Waals surface area contributed by atoms with E-state index in [1.54, 1.807) is 90.4 Å². The van der Waals surface area contributed by atoms with Gasteiger partial charge in [-0.3, -0.25) is 18.2 Å². The molecule has 0 atom stereocenters. The first-order valence-electron chi connectivity index (χ1n) is 14.0. The molecule has 0 heterocycles. The van der Waals surface area contributed by atoms with Gasteiger partial charge in [-0.1, -0.05) is 24.3 Å². The molecule has 4 aromatic carbocycles. The molecule has 0 aliphatic carbocycles. The van der Waals surface area contributed by atoms with Crippen molar-refractivity contribution in [2.75, 3.05) is 0 Å². The number of carbonyl (C=O) groups is 4. The van der Waals surface area contributed by atoms with Crippen LogP contribution in [0.5, 0.6) is 23.0 Å². The number of para-hydroxylation sites is 4. The maximum absolute atomic E-state index is 10.7. The molecule has 0 fully saturated rings. The van der Waals surface area contributed by atoms with Crippen LogP contribution in [0, 0.1) is 14.3 Å². The minimum atomic E-state index is -4.72. The third-order valence-electron chi connectivity index (χ3n) is 5.54. The molecule has 0 bridgehead atoms. The molecule has 61 heavy (non-hydrogen) atoms. The van der Waals surface area contributed by atoms with Gasteiger partial charge >= 0.3 is 65.5 Å². The summed E-state index contributed by atoms with van der Waals surface area (Å²) < 4.78 is 135. The second-order valence-electron chi connectivity index (χ2n) is 9.73. The van der Waals surface area contributed by atoms with Crippen molar-refractivity contribution in [1.29, 1.82) is 0 Å². The summed E-state index contributed by atoms with van der Waals surface area (Å²) in [5.41, 5.74) is -1.34. The van der Waals surface area contributed by atoms with Crippen LogP contribution in [0.1, 0.15) is 41.4 Å². The zero-order chi connectivity index (χ0) is 46.6. The van der Waals surface area contributed by atoms with E-state index in [0.29, 0.717) is 0 Å². The van der Waals surface area contributed by atoms with Crippen LogP contribution in [-0.2, 0) is 63.3 Å². The number of carboxylic acids is 4. The maximum Gasteiger partial charge on any atom is 0.446 e. The van der Waals surface area contributed by atoms with Crippen molar-refractivity contribution in [3.8, 4) is 23.0 Å². The van der Waals surface area contributed by atoms with Crippen molar-refractivity contribution in [3.05, 3.63) is 109 Å². The first kappa shape index (κ1) is 58.2. The van der Waals surface area contributed by atoms with E-state index in [4.69, 9.17) is 38.6 Å². The molecule has 0 spiro atoms. The molecule has 0 saturated carbocycles. The summed E-state index contributed by atoms with van der Waals surface area (Å²) in [6, 6.07) is 16.2. The van der Waals surface area contributed by atoms with Crippen molar-refractivity contribution in [3.63, 3.8) is 0 Å². The van der Waals surface area contributed by atoms with E-state index < -0.39 is 88.5 Å². The Balaban J connectivity index is 0.000000783. The van der Waals surface area contributed by atoms with Crippen LogP contribution >= 0.6 is 90.4 Å².